The average Bonchev–Trinajstić information content (AvgIpc) is 2.59. The molecule has 0 N–H and O–H groups in total. The normalized spacial score (nSPS) is 33.2. The van der Waals surface area contributed by atoms with E-state index in [4.69, 9.17) is 4.43 Å². The molecule has 2 atom stereocenters. The van der Waals surface area contributed by atoms with Crippen LogP contribution in [0.25, 0.3) is 0 Å². The van der Waals surface area contributed by atoms with E-state index in [9.17, 15) is 0 Å². The van der Waals surface area contributed by atoms with Gasteiger partial charge < -0.3 is 4.43 Å². The third kappa shape index (κ3) is 2.06. The molecule has 1 fully saturated rings. The van der Waals surface area contributed by atoms with Crippen molar-refractivity contribution in [2.24, 2.45) is 5.92 Å². The van der Waals surface area contributed by atoms with Crippen LogP contribution in [0, 0.1) is 5.92 Å². The summed E-state index contributed by atoms with van der Waals surface area (Å²) in [5.74, 6) is 0.779. The summed E-state index contributed by atoms with van der Waals surface area (Å²) in [6, 6.07) is 0. The molecular weight excluding hydrogens is 188 g/mol. The minimum atomic E-state index is -1.54. The van der Waals surface area contributed by atoms with Crippen LogP contribution < -0.4 is 0 Å². The lowest BCUT2D eigenvalue weighted by atomic mass is 10.2. The summed E-state index contributed by atoms with van der Waals surface area (Å²) in [5.41, 5.74) is 0.253. The predicted octanol–water partition coefficient (Wildman–Crippen LogP) is 4.20. The molecule has 0 amide bonds. The molecule has 1 saturated carbocycles. The molecule has 1 rings (SSSR count). The van der Waals surface area contributed by atoms with Gasteiger partial charge in [-0.25, -0.2) is 0 Å². The van der Waals surface area contributed by atoms with Gasteiger partial charge in [-0.2, -0.15) is 0 Å². The van der Waals surface area contributed by atoms with Gasteiger partial charge in [0, 0.05) is 0 Å². The smallest absolute Gasteiger partial charge is 0.192 e. The van der Waals surface area contributed by atoms with Crippen molar-refractivity contribution < 1.29 is 4.43 Å². The Morgan fingerprint density at radius 3 is 2.00 bits per heavy atom. The Balaban J connectivity index is 2.69. The van der Waals surface area contributed by atoms with Gasteiger partial charge in [-0.3, -0.25) is 0 Å². The van der Waals surface area contributed by atoms with Gasteiger partial charge in [0.2, 0.25) is 0 Å². The second-order valence-electron chi connectivity index (χ2n) is 6.39. The maximum atomic E-state index is 6.50. The summed E-state index contributed by atoms with van der Waals surface area (Å²) in [7, 11) is -1.54. The summed E-state index contributed by atoms with van der Waals surface area (Å²) >= 11 is 0. The van der Waals surface area contributed by atoms with Crippen molar-refractivity contribution in [1.29, 1.82) is 0 Å². The van der Waals surface area contributed by atoms with E-state index in [1.54, 1.807) is 0 Å². The van der Waals surface area contributed by atoms with E-state index in [1.807, 2.05) is 0 Å². The van der Waals surface area contributed by atoms with Crippen LogP contribution >= 0.6 is 0 Å². The summed E-state index contributed by atoms with van der Waals surface area (Å²) < 4.78 is 6.50. The summed E-state index contributed by atoms with van der Waals surface area (Å²) in [6.07, 6.45) is 2.46. The lowest BCUT2D eigenvalue weighted by Crippen LogP contribution is -2.45. The molecule has 14 heavy (non-hydrogen) atoms. The molecule has 0 aliphatic heterocycles. The molecule has 0 spiro atoms. The molecule has 0 aromatic rings. The van der Waals surface area contributed by atoms with E-state index in [0.29, 0.717) is 5.04 Å². The molecule has 0 unspecified atom stereocenters. The molecule has 1 nitrogen and oxygen atoms in total. The molecule has 1 aliphatic rings. The Kier molecular flexibility index (Phi) is 2.92. The molecule has 0 heterocycles. The standard InChI is InChI=1S/C12H26OSi/c1-8-12(9-10(12)2)13-14(6,7)11(3,4)5/h10H,8-9H2,1-7H3/t10-,12+/m1/s1. The third-order valence-corrected chi connectivity index (χ3v) is 8.78. The van der Waals surface area contributed by atoms with Crippen molar-refractivity contribution in [2.45, 2.75) is 71.2 Å². The molecule has 0 aromatic carbocycles. The third-order valence-electron chi connectivity index (χ3n) is 4.25. The maximum Gasteiger partial charge on any atom is 0.192 e. The van der Waals surface area contributed by atoms with Gasteiger partial charge in [-0.15, -0.1) is 0 Å². The first-order valence-corrected chi connectivity index (χ1v) is 8.75. The number of hydrogen-bond acceptors (Lipinski definition) is 1. The van der Waals surface area contributed by atoms with Crippen molar-refractivity contribution in [2.75, 3.05) is 0 Å². The summed E-state index contributed by atoms with van der Waals surface area (Å²) in [6.45, 7) is 16.2. The summed E-state index contributed by atoms with van der Waals surface area (Å²) in [5, 5.41) is 0.345. The van der Waals surface area contributed by atoms with Crippen molar-refractivity contribution in [3.05, 3.63) is 0 Å². The average molecular weight is 214 g/mol. The van der Waals surface area contributed by atoms with Gasteiger partial charge in [0.1, 0.15) is 0 Å². The fourth-order valence-corrected chi connectivity index (χ4v) is 3.58. The molecule has 84 valence electrons. The molecule has 0 bridgehead atoms. The van der Waals surface area contributed by atoms with E-state index in [2.05, 4.69) is 47.7 Å². The van der Waals surface area contributed by atoms with Gasteiger partial charge in [-0.05, 0) is 36.9 Å². The van der Waals surface area contributed by atoms with Crippen molar-refractivity contribution >= 4 is 8.32 Å². The monoisotopic (exact) mass is 214 g/mol. The first-order valence-electron chi connectivity index (χ1n) is 5.85. The van der Waals surface area contributed by atoms with Crippen molar-refractivity contribution in [3.8, 4) is 0 Å². The molecule has 0 saturated heterocycles. The Morgan fingerprint density at radius 1 is 1.36 bits per heavy atom. The quantitative estimate of drug-likeness (QED) is 0.640. The van der Waals surface area contributed by atoms with Crippen LogP contribution in [-0.2, 0) is 4.43 Å². The van der Waals surface area contributed by atoms with Gasteiger partial charge in [0.15, 0.2) is 8.32 Å². The highest BCUT2D eigenvalue weighted by Crippen LogP contribution is 2.53. The van der Waals surface area contributed by atoms with Crippen LogP contribution in [0.4, 0.5) is 0 Å². The van der Waals surface area contributed by atoms with Crippen LogP contribution in [0.15, 0.2) is 0 Å². The highest BCUT2D eigenvalue weighted by molar-refractivity contribution is 6.74. The lowest BCUT2D eigenvalue weighted by Gasteiger charge is -2.39. The van der Waals surface area contributed by atoms with E-state index in [0.717, 1.165) is 5.92 Å². The largest absolute Gasteiger partial charge is 0.411 e. The van der Waals surface area contributed by atoms with E-state index < -0.39 is 8.32 Å². The van der Waals surface area contributed by atoms with Crippen LogP contribution in [-0.4, -0.2) is 13.9 Å². The van der Waals surface area contributed by atoms with Crippen molar-refractivity contribution in [1.82, 2.24) is 0 Å². The molecule has 0 aromatic heterocycles. The second-order valence-corrected chi connectivity index (χ2v) is 11.1. The SMILES string of the molecule is CC[C@]1(O[Si](C)(C)C(C)(C)C)C[C@H]1C. The first-order chi connectivity index (χ1) is 6.15. The number of rotatable bonds is 3. The molecule has 1 aliphatic carbocycles. The maximum absolute atomic E-state index is 6.50. The zero-order chi connectivity index (χ0) is 11.2. The number of hydrogen-bond donors (Lipinski definition) is 0. The fourth-order valence-electron chi connectivity index (χ4n) is 1.83. The lowest BCUT2D eigenvalue weighted by molar-refractivity contribution is 0.138. The molecule has 2 heteroatoms. The zero-order valence-corrected chi connectivity index (χ0v) is 11.9. The minimum Gasteiger partial charge on any atom is -0.411 e. The van der Waals surface area contributed by atoms with Gasteiger partial charge in [0.25, 0.3) is 0 Å². The van der Waals surface area contributed by atoms with Crippen LogP contribution in [0.2, 0.25) is 18.1 Å². The van der Waals surface area contributed by atoms with Gasteiger partial charge in [0.05, 0.1) is 5.60 Å². The minimum absolute atomic E-state index is 0.253. The van der Waals surface area contributed by atoms with Crippen LogP contribution in [0.5, 0.6) is 0 Å². The Hall–Kier alpha value is 0.177. The highest BCUT2D eigenvalue weighted by Gasteiger charge is 2.55. The van der Waals surface area contributed by atoms with Crippen LogP contribution in [0.1, 0.15) is 47.5 Å². The summed E-state index contributed by atoms with van der Waals surface area (Å²) in [4.78, 5) is 0. The Morgan fingerprint density at radius 2 is 1.79 bits per heavy atom. The molecule has 0 radical (unpaired) electrons. The Labute approximate surface area is 90.4 Å². The van der Waals surface area contributed by atoms with E-state index >= 15 is 0 Å². The second kappa shape index (κ2) is 3.34. The Bertz CT molecular complexity index is 213. The first kappa shape index (κ1) is 12.2. The van der Waals surface area contributed by atoms with Gasteiger partial charge in [-0.1, -0.05) is 34.6 Å². The van der Waals surface area contributed by atoms with Gasteiger partial charge >= 0.3 is 0 Å². The zero-order valence-electron chi connectivity index (χ0n) is 10.9. The predicted molar refractivity (Wildman–Crippen MR) is 65.1 cm³/mol. The van der Waals surface area contributed by atoms with Crippen molar-refractivity contribution in [3.63, 3.8) is 0 Å². The topological polar surface area (TPSA) is 9.23 Å². The van der Waals surface area contributed by atoms with E-state index in [1.165, 1.54) is 12.8 Å². The van der Waals surface area contributed by atoms with E-state index in [-0.39, 0.29) is 5.60 Å². The highest BCUT2D eigenvalue weighted by atomic mass is 28.4. The molecular formula is C12H26OSi. The van der Waals surface area contributed by atoms with Crippen LogP contribution in [0.3, 0.4) is 0 Å². The fraction of sp³-hybridized carbons (Fsp3) is 1.00.